The van der Waals surface area contributed by atoms with Gasteiger partial charge in [0.2, 0.25) is 5.91 Å². The number of hydrogen-bond donors (Lipinski definition) is 0. The normalized spacial score (nSPS) is 20.9. The highest BCUT2D eigenvalue weighted by molar-refractivity contribution is 7.19. The average Bonchev–Trinajstić information content (AvgIpc) is 3.35. The third kappa shape index (κ3) is 3.27. The molecule has 2 aliphatic heterocycles. The number of imidazole rings is 1. The van der Waals surface area contributed by atoms with E-state index in [0.29, 0.717) is 17.5 Å². The number of anilines is 1. The van der Waals surface area contributed by atoms with Crippen LogP contribution in [0.3, 0.4) is 0 Å². The standard InChI is InChI=1S/C17H22ClN5OS/c1-2-21-10-12(9-13(21)24)11-23-8-5-19-16(23)14-15(18)20-17(25-14)22-6-3-4-7-22/h5,8,12H,2-4,6-7,9-11H2,1H3/t12-/m1/s1. The van der Waals surface area contributed by atoms with Crippen LogP contribution in [0.1, 0.15) is 26.2 Å². The van der Waals surface area contributed by atoms with Crippen LogP contribution in [-0.4, -0.2) is 51.5 Å². The second-order valence-corrected chi connectivity index (χ2v) is 8.05. The molecule has 4 heterocycles. The number of rotatable bonds is 5. The minimum atomic E-state index is 0.251. The molecule has 25 heavy (non-hydrogen) atoms. The lowest BCUT2D eigenvalue weighted by Crippen LogP contribution is -2.25. The van der Waals surface area contributed by atoms with E-state index in [0.717, 1.165) is 48.6 Å². The molecule has 8 heteroatoms. The van der Waals surface area contributed by atoms with Crippen molar-refractivity contribution in [3.05, 3.63) is 17.5 Å². The SMILES string of the molecule is CCN1C[C@H](Cn2ccnc2-c2sc(N3CCCC3)nc2Cl)CC1=O. The Bertz CT molecular complexity index is 767. The molecule has 0 bridgehead atoms. The summed E-state index contributed by atoms with van der Waals surface area (Å²) < 4.78 is 2.12. The summed E-state index contributed by atoms with van der Waals surface area (Å²) in [4.78, 5) is 26.2. The highest BCUT2D eigenvalue weighted by Crippen LogP contribution is 2.38. The zero-order chi connectivity index (χ0) is 17.4. The number of amides is 1. The van der Waals surface area contributed by atoms with Crippen molar-refractivity contribution in [1.29, 1.82) is 0 Å². The van der Waals surface area contributed by atoms with Crippen LogP contribution in [0, 0.1) is 5.92 Å². The van der Waals surface area contributed by atoms with E-state index in [1.54, 1.807) is 17.5 Å². The molecule has 0 N–H and O–H groups in total. The maximum Gasteiger partial charge on any atom is 0.222 e. The van der Waals surface area contributed by atoms with Gasteiger partial charge in [-0.25, -0.2) is 9.97 Å². The van der Waals surface area contributed by atoms with Gasteiger partial charge in [-0.3, -0.25) is 4.79 Å². The Kier molecular flexibility index (Phi) is 4.69. The zero-order valence-electron chi connectivity index (χ0n) is 14.3. The molecule has 2 aromatic rings. The van der Waals surface area contributed by atoms with Crippen LogP contribution in [-0.2, 0) is 11.3 Å². The first-order chi connectivity index (χ1) is 12.2. The molecule has 0 aliphatic carbocycles. The predicted octanol–water partition coefficient (Wildman–Crippen LogP) is 3.13. The molecular weight excluding hydrogens is 358 g/mol. The average molecular weight is 380 g/mol. The summed E-state index contributed by atoms with van der Waals surface area (Å²) in [6.45, 7) is 6.52. The summed E-state index contributed by atoms with van der Waals surface area (Å²) in [6, 6.07) is 0. The molecule has 134 valence electrons. The van der Waals surface area contributed by atoms with E-state index in [4.69, 9.17) is 11.6 Å². The first kappa shape index (κ1) is 16.8. The van der Waals surface area contributed by atoms with E-state index in [-0.39, 0.29) is 5.91 Å². The number of aromatic nitrogens is 3. The van der Waals surface area contributed by atoms with Gasteiger partial charge in [-0.1, -0.05) is 22.9 Å². The molecule has 4 rings (SSSR count). The van der Waals surface area contributed by atoms with E-state index in [1.807, 2.05) is 18.0 Å². The van der Waals surface area contributed by atoms with Crippen LogP contribution < -0.4 is 4.90 Å². The molecule has 2 fully saturated rings. The summed E-state index contributed by atoms with van der Waals surface area (Å²) in [5, 5.41) is 1.51. The fourth-order valence-electron chi connectivity index (χ4n) is 3.70. The van der Waals surface area contributed by atoms with Crippen molar-refractivity contribution in [3.63, 3.8) is 0 Å². The third-order valence-electron chi connectivity index (χ3n) is 5.00. The van der Waals surface area contributed by atoms with E-state index in [9.17, 15) is 4.79 Å². The van der Waals surface area contributed by atoms with Gasteiger partial charge in [0.05, 0.1) is 0 Å². The van der Waals surface area contributed by atoms with Crippen molar-refractivity contribution in [1.82, 2.24) is 19.4 Å². The van der Waals surface area contributed by atoms with Gasteiger partial charge in [0.25, 0.3) is 0 Å². The fourth-order valence-corrected chi connectivity index (χ4v) is 5.05. The summed E-state index contributed by atoms with van der Waals surface area (Å²) >= 11 is 8.04. The highest BCUT2D eigenvalue weighted by atomic mass is 35.5. The van der Waals surface area contributed by atoms with Crippen molar-refractivity contribution < 1.29 is 4.79 Å². The Morgan fingerprint density at radius 3 is 2.88 bits per heavy atom. The van der Waals surface area contributed by atoms with E-state index >= 15 is 0 Å². The van der Waals surface area contributed by atoms with Crippen molar-refractivity contribution in [3.8, 4) is 10.7 Å². The first-order valence-electron chi connectivity index (χ1n) is 8.86. The lowest BCUT2D eigenvalue weighted by atomic mass is 10.1. The topological polar surface area (TPSA) is 54.3 Å². The number of halogens is 1. The van der Waals surface area contributed by atoms with Crippen molar-refractivity contribution in [2.24, 2.45) is 5.92 Å². The second kappa shape index (κ2) is 6.96. The number of nitrogens with zero attached hydrogens (tertiary/aromatic N) is 5. The van der Waals surface area contributed by atoms with Crippen LogP contribution in [0.5, 0.6) is 0 Å². The number of likely N-dealkylation sites (tertiary alicyclic amines) is 1. The summed E-state index contributed by atoms with van der Waals surface area (Å²) in [5.41, 5.74) is 0. The van der Waals surface area contributed by atoms with Crippen LogP contribution in [0.2, 0.25) is 5.15 Å². The largest absolute Gasteiger partial charge is 0.348 e. The third-order valence-corrected chi connectivity index (χ3v) is 6.50. The first-order valence-corrected chi connectivity index (χ1v) is 10.1. The summed E-state index contributed by atoms with van der Waals surface area (Å²) in [5.74, 6) is 1.43. The molecule has 1 amide bonds. The van der Waals surface area contributed by atoms with Gasteiger partial charge in [-0.15, -0.1) is 0 Å². The fraction of sp³-hybridized carbons (Fsp3) is 0.588. The van der Waals surface area contributed by atoms with Crippen LogP contribution in [0.4, 0.5) is 5.13 Å². The van der Waals surface area contributed by atoms with E-state index in [1.165, 1.54) is 12.8 Å². The Hall–Kier alpha value is -1.60. The van der Waals surface area contributed by atoms with Crippen molar-refractivity contribution in [2.75, 3.05) is 31.1 Å². The van der Waals surface area contributed by atoms with Crippen molar-refractivity contribution >= 4 is 34.0 Å². The zero-order valence-corrected chi connectivity index (χ0v) is 15.9. The Morgan fingerprint density at radius 2 is 2.16 bits per heavy atom. The van der Waals surface area contributed by atoms with Gasteiger partial charge < -0.3 is 14.4 Å². The second-order valence-electron chi connectivity index (χ2n) is 6.72. The highest BCUT2D eigenvalue weighted by Gasteiger charge is 2.29. The van der Waals surface area contributed by atoms with Crippen LogP contribution >= 0.6 is 22.9 Å². The Balaban J connectivity index is 1.55. The van der Waals surface area contributed by atoms with Crippen LogP contribution in [0.15, 0.2) is 12.4 Å². The van der Waals surface area contributed by atoms with Crippen molar-refractivity contribution in [2.45, 2.75) is 32.7 Å². The molecular formula is C17H22ClN5OS. The molecule has 2 saturated heterocycles. The summed E-state index contributed by atoms with van der Waals surface area (Å²) in [6.07, 6.45) is 6.81. The molecule has 6 nitrogen and oxygen atoms in total. The minimum absolute atomic E-state index is 0.251. The number of carbonyl (C=O) groups is 1. The number of thiazole rings is 1. The monoisotopic (exact) mass is 379 g/mol. The van der Waals surface area contributed by atoms with E-state index < -0.39 is 0 Å². The van der Waals surface area contributed by atoms with Gasteiger partial charge >= 0.3 is 0 Å². The lowest BCUT2D eigenvalue weighted by Gasteiger charge is -2.15. The Morgan fingerprint density at radius 1 is 1.36 bits per heavy atom. The van der Waals surface area contributed by atoms with Gasteiger partial charge in [-0.05, 0) is 19.8 Å². The molecule has 0 spiro atoms. The molecule has 0 aromatic carbocycles. The van der Waals surface area contributed by atoms with Gasteiger partial charge in [0.15, 0.2) is 16.1 Å². The molecule has 1 atom stereocenters. The van der Waals surface area contributed by atoms with Gasteiger partial charge in [0.1, 0.15) is 4.88 Å². The maximum absolute atomic E-state index is 12.0. The molecule has 2 aliphatic rings. The van der Waals surface area contributed by atoms with E-state index in [2.05, 4.69) is 19.4 Å². The lowest BCUT2D eigenvalue weighted by molar-refractivity contribution is -0.127. The molecule has 2 aromatic heterocycles. The maximum atomic E-state index is 12.0. The predicted molar refractivity (Wildman–Crippen MR) is 100 cm³/mol. The number of carbonyl (C=O) groups excluding carboxylic acids is 1. The smallest absolute Gasteiger partial charge is 0.222 e. The Labute approximate surface area is 156 Å². The van der Waals surface area contributed by atoms with Crippen LogP contribution in [0.25, 0.3) is 10.7 Å². The molecule has 0 radical (unpaired) electrons. The minimum Gasteiger partial charge on any atom is -0.348 e. The van der Waals surface area contributed by atoms with Gasteiger partial charge in [0, 0.05) is 57.5 Å². The summed E-state index contributed by atoms with van der Waals surface area (Å²) in [7, 11) is 0. The molecule has 0 unspecified atom stereocenters. The van der Waals surface area contributed by atoms with Gasteiger partial charge in [-0.2, -0.15) is 0 Å². The number of hydrogen-bond acceptors (Lipinski definition) is 5. The molecule has 0 saturated carbocycles. The quantitative estimate of drug-likeness (QED) is 0.800.